The molecule has 1 saturated heterocycles. The molecule has 0 radical (unpaired) electrons. The summed E-state index contributed by atoms with van der Waals surface area (Å²) in [7, 11) is 0. The van der Waals surface area contributed by atoms with E-state index in [0.717, 1.165) is 32.2 Å². The van der Waals surface area contributed by atoms with Gasteiger partial charge >= 0.3 is 0 Å². The number of carbonyl (C=O) groups is 1. The summed E-state index contributed by atoms with van der Waals surface area (Å²) in [5, 5.41) is 3.06. The van der Waals surface area contributed by atoms with Crippen LogP contribution in [0.15, 0.2) is 12.1 Å². The van der Waals surface area contributed by atoms with Gasteiger partial charge in [-0.3, -0.25) is 9.69 Å². The maximum absolute atomic E-state index is 12.3. The molecule has 21 heavy (non-hydrogen) atoms. The monoisotopic (exact) mass is 625 g/mol. The third-order valence-electron chi connectivity index (χ3n) is 3.64. The van der Waals surface area contributed by atoms with Gasteiger partial charge in [-0.25, -0.2) is 0 Å². The summed E-state index contributed by atoms with van der Waals surface area (Å²) in [5.41, 5.74) is 6.73. The first-order chi connectivity index (χ1) is 10.0. The molecule has 0 saturated carbocycles. The summed E-state index contributed by atoms with van der Waals surface area (Å²) in [6.45, 7) is 2.03. The highest BCUT2D eigenvalue weighted by Gasteiger charge is 2.23. The van der Waals surface area contributed by atoms with Crippen LogP contribution in [0.3, 0.4) is 0 Å². The van der Waals surface area contributed by atoms with Crippen LogP contribution in [-0.4, -0.2) is 36.5 Å². The number of nitrogens with one attached hydrogen (secondary N) is 1. The smallest absolute Gasteiger partial charge is 0.238 e. The summed E-state index contributed by atoms with van der Waals surface area (Å²) in [4.78, 5) is 14.5. The predicted octanol–water partition coefficient (Wildman–Crippen LogP) is 3.25. The van der Waals surface area contributed by atoms with E-state index in [2.05, 4.69) is 90.1 Å². The summed E-state index contributed by atoms with van der Waals surface area (Å²) in [6.07, 6.45) is 3.47. The van der Waals surface area contributed by atoms with E-state index in [0.29, 0.717) is 19.1 Å². The standard InChI is InChI=1S/C14H18I3N3O/c15-9-5-11(16)14(12(17)6-9)19-13(21)8-20-4-2-1-3-10(20)7-18/h5-6,10H,1-4,7-8,18H2,(H,19,21). The molecule has 4 nitrogen and oxygen atoms in total. The van der Waals surface area contributed by atoms with Gasteiger partial charge in [-0.15, -0.1) is 0 Å². The van der Waals surface area contributed by atoms with Crippen LogP contribution in [0.2, 0.25) is 0 Å². The van der Waals surface area contributed by atoms with Gasteiger partial charge in [0.1, 0.15) is 0 Å². The van der Waals surface area contributed by atoms with Gasteiger partial charge in [0.25, 0.3) is 0 Å². The molecule has 0 bridgehead atoms. The second-order valence-electron chi connectivity index (χ2n) is 5.15. The van der Waals surface area contributed by atoms with Crippen LogP contribution < -0.4 is 11.1 Å². The van der Waals surface area contributed by atoms with Gasteiger partial charge in [0.15, 0.2) is 0 Å². The van der Waals surface area contributed by atoms with Crippen LogP contribution in [0.4, 0.5) is 5.69 Å². The minimum atomic E-state index is 0.0485. The zero-order chi connectivity index (χ0) is 15.4. The molecule has 0 aliphatic carbocycles. The van der Waals surface area contributed by atoms with Crippen molar-refractivity contribution in [3.05, 3.63) is 22.8 Å². The minimum Gasteiger partial charge on any atom is -0.329 e. The molecule has 1 aliphatic heterocycles. The van der Waals surface area contributed by atoms with Crippen molar-refractivity contribution in [3.8, 4) is 0 Å². The Balaban J connectivity index is 2.01. The Morgan fingerprint density at radius 2 is 1.95 bits per heavy atom. The van der Waals surface area contributed by atoms with Crippen LogP contribution in [0.1, 0.15) is 19.3 Å². The zero-order valence-corrected chi connectivity index (χ0v) is 18.0. The molecule has 0 aromatic heterocycles. The molecular formula is C14H18I3N3O. The molecule has 1 aromatic carbocycles. The van der Waals surface area contributed by atoms with Gasteiger partial charge in [0.2, 0.25) is 5.91 Å². The summed E-state index contributed by atoms with van der Waals surface area (Å²) < 4.78 is 3.33. The highest BCUT2D eigenvalue weighted by atomic mass is 127. The number of nitrogens with two attached hydrogens (primary N) is 1. The van der Waals surface area contributed by atoms with E-state index in [1.165, 1.54) is 9.99 Å². The number of amides is 1. The quantitative estimate of drug-likeness (QED) is 0.506. The SMILES string of the molecule is NCC1CCCCN1CC(=O)Nc1c(I)cc(I)cc1I. The Labute approximate surface area is 166 Å². The Kier molecular flexibility index (Phi) is 7.43. The van der Waals surface area contributed by atoms with E-state index in [-0.39, 0.29) is 5.91 Å². The van der Waals surface area contributed by atoms with E-state index in [9.17, 15) is 4.79 Å². The van der Waals surface area contributed by atoms with E-state index in [4.69, 9.17) is 5.73 Å². The Bertz CT molecular complexity index is 501. The largest absolute Gasteiger partial charge is 0.329 e. The molecule has 1 amide bonds. The summed E-state index contributed by atoms with van der Waals surface area (Å²) in [5.74, 6) is 0.0485. The number of nitrogens with zero attached hydrogens (tertiary/aromatic N) is 1. The molecular weight excluding hydrogens is 607 g/mol. The highest BCUT2D eigenvalue weighted by Crippen LogP contribution is 2.27. The third kappa shape index (κ3) is 5.15. The van der Waals surface area contributed by atoms with E-state index >= 15 is 0 Å². The van der Waals surface area contributed by atoms with Crippen LogP contribution in [0.25, 0.3) is 0 Å². The molecule has 1 aliphatic rings. The van der Waals surface area contributed by atoms with Gasteiger partial charge in [-0.1, -0.05) is 6.42 Å². The lowest BCUT2D eigenvalue weighted by Crippen LogP contribution is -2.47. The summed E-state index contributed by atoms with van der Waals surface area (Å²) in [6, 6.07) is 4.49. The first-order valence-electron chi connectivity index (χ1n) is 6.89. The maximum Gasteiger partial charge on any atom is 0.238 e. The van der Waals surface area contributed by atoms with E-state index in [1.54, 1.807) is 0 Å². The number of hydrogen-bond acceptors (Lipinski definition) is 3. The van der Waals surface area contributed by atoms with Crippen molar-refractivity contribution in [2.75, 3.05) is 25.0 Å². The molecule has 1 heterocycles. The molecule has 1 aromatic rings. The number of rotatable bonds is 4. The second-order valence-corrected chi connectivity index (χ2v) is 8.72. The average molecular weight is 625 g/mol. The van der Waals surface area contributed by atoms with E-state index in [1.807, 2.05) is 0 Å². The number of piperidine rings is 1. The van der Waals surface area contributed by atoms with Gasteiger partial charge in [-0.2, -0.15) is 0 Å². The van der Waals surface area contributed by atoms with E-state index < -0.39 is 0 Å². The number of anilines is 1. The molecule has 1 unspecified atom stereocenters. The third-order valence-corrected chi connectivity index (χ3v) is 5.96. The van der Waals surface area contributed by atoms with Crippen molar-refractivity contribution >= 4 is 79.4 Å². The number of benzene rings is 1. The van der Waals surface area contributed by atoms with Crippen molar-refractivity contribution in [3.63, 3.8) is 0 Å². The van der Waals surface area contributed by atoms with Crippen molar-refractivity contribution in [2.24, 2.45) is 5.73 Å². The fraction of sp³-hybridized carbons (Fsp3) is 0.500. The van der Waals surface area contributed by atoms with Crippen molar-refractivity contribution in [1.29, 1.82) is 0 Å². The van der Waals surface area contributed by atoms with Crippen LogP contribution in [-0.2, 0) is 4.79 Å². The lowest BCUT2D eigenvalue weighted by molar-refractivity contribution is -0.118. The highest BCUT2D eigenvalue weighted by molar-refractivity contribution is 14.1. The second kappa shape index (κ2) is 8.60. The molecule has 7 heteroatoms. The van der Waals surface area contributed by atoms with Crippen molar-refractivity contribution in [2.45, 2.75) is 25.3 Å². The fourth-order valence-corrected chi connectivity index (χ4v) is 6.41. The van der Waals surface area contributed by atoms with Gasteiger partial charge in [0, 0.05) is 23.3 Å². The van der Waals surface area contributed by atoms with Gasteiger partial charge in [0.05, 0.1) is 12.2 Å². The molecule has 1 fully saturated rings. The average Bonchev–Trinajstić information content (AvgIpc) is 2.43. The van der Waals surface area contributed by atoms with Crippen LogP contribution in [0.5, 0.6) is 0 Å². The lowest BCUT2D eigenvalue weighted by Gasteiger charge is -2.34. The minimum absolute atomic E-state index is 0.0485. The predicted molar refractivity (Wildman–Crippen MR) is 111 cm³/mol. The van der Waals surface area contributed by atoms with Crippen LogP contribution in [0, 0.1) is 10.7 Å². The Morgan fingerprint density at radius 1 is 1.29 bits per heavy atom. The number of halogens is 3. The topological polar surface area (TPSA) is 58.4 Å². The fourth-order valence-electron chi connectivity index (χ4n) is 2.56. The lowest BCUT2D eigenvalue weighted by atomic mass is 10.0. The van der Waals surface area contributed by atoms with Gasteiger partial charge < -0.3 is 11.1 Å². The molecule has 116 valence electrons. The van der Waals surface area contributed by atoms with Crippen LogP contribution >= 0.6 is 67.8 Å². The first kappa shape index (κ1) is 18.1. The van der Waals surface area contributed by atoms with Crippen molar-refractivity contribution < 1.29 is 4.79 Å². The normalized spacial score (nSPS) is 19.5. The molecule has 0 spiro atoms. The molecule has 2 rings (SSSR count). The Hall–Kier alpha value is 0.800. The molecule has 3 N–H and O–H groups in total. The number of carbonyl (C=O) groups excluding carboxylic acids is 1. The maximum atomic E-state index is 12.3. The number of likely N-dealkylation sites (tertiary alicyclic amines) is 1. The Morgan fingerprint density at radius 3 is 2.57 bits per heavy atom. The first-order valence-corrected chi connectivity index (χ1v) is 10.1. The summed E-state index contributed by atoms with van der Waals surface area (Å²) >= 11 is 6.83. The van der Waals surface area contributed by atoms with Crippen molar-refractivity contribution in [1.82, 2.24) is 4.90 Å². The molecule has 1 atom stereocenters. The van der Waals surface area contributed by atoms with Gasteiger partial charge in [-0.05, 0) is 99.3 Å². The zero-order valence-electron chi connectivity index (χ0n) is 11.5. The number of hydrogen-bond donors (Lipinski definition) is 2.